The number of hydrogen-bond donors (Lipinski definition) is 1. The van der Waals surface area contributed by atoms with E-state index in [1.165, 1.54) is 0 Å². The van der Waals surface area contributed by atoms with Crippen LogP contribution in [0.1, 0.15) is 17.4 Å². The van der Waals surface area contributed by atoms with Crippen LogP contribution in [0.15, 0.2) is 30.0 Å². The summed E-state index contributed by atoms with van der Waals surface area (Å²) in [7, 11) is 0. The molecule has 0 saturated carbocycles. The summed E-state index contributed by atoms with van der Waals surface area (Å²) in [5.41, 5.74) is 1.46. The van der Waals surface area contributed by atoms with Gasteiger partial charge in [-0.3, -0.25) is 9.97 Å². The molecule has 0 bridgehead atoms. The summed E-state index contributed by atoms with van der Waals surface area (Å²) < 4.78 is 1.15. The van der Waals surface area contributed by atoms with E-state index < -0.39 is 6.10 Å². The van der Waals surface area contributed by atoms with Gasteiger partial charge in [-0.05, 0) is 39.6 Å². The number of aliphatic hydroxyl groups is 1. The molecule has 2 rings (SSSR count). The summed E-state index contributed by atoms with van der Waals surface area (Å²) in [5, 5.41) is 11.8. The van der Waals surface area contributed by atoms with Crippen LogP contribution in [0, 0.1) is 2.88 Å². The maximum atomic E-state index is 9.91. The second kappa shape index (κ2) is 4.33. The zero-order chi connectivity index (χ0) is 9.97. The number of aliphatic hydroxyl groups excluding tert-OH is 1. The largest absolute Gasteiger partial charge is 0.382 e. The van der Waals surface area contributed by atoms with Gasteiger partial charge < -0.3 is 5.11 Å². The van der Waals surface area contributed by atoms with Gasteiger partial charge in [0.1, 0.15) is 6.10 Å². The van der Waals surface area contributed by atoms with Gasteiger partial charge >= 0.3 is 0 Å². The summed E-state index contributed by atoms with van der Waals surface area (Å²) in [6.45, 7) is 0. The van der Waals surface area contributed by atoms with Crippen molar-refractivity contribution in [3.05, 3.63) is 44.2 Å². The molecule has 0 saturated heterocycles. The minimum Gasteiger partial charge on any atom is -0.382 e. The van der Waals surface area contributed by atoms with E-state index in [1.807, 2.05) is 11.4 Å². The minimum atomic E-state index is -0.663. The van der Waals surface area contributed by atoms with Crippen LogP contribution in [0.25, 0.3) is 0 Å². The van der Waals surface area contributed by atoms with E-state index >= 15 is 0 Å². The van der Waals surface area contributed by atoms with Gasteiger partial charge in [0.15, 0.2) is 0 Å². The Morgan fingerprint density at radius 1 is 1.43 bits per heavy atom. The Labute approximate surface area is 99.0 Å². The molecule has 72 valence electrons. The standard InChI is InChI=1S/C9H7IN2OS/c10-8-3-6(5-14-8)9(13)7-4-11-1-2-12-7/h1-5,9,13H. The number of hydrogen-bond acceptors (Lipinski definition) is 4. The average Bonchev–Trinajstić information content (AvgIpc) is 2.65. The van der Waals surface area contributed by atoms with Gasteiger partial charge in [-0.1, -0.05) is 0 Å². The van der Waals surface area contributed by atoms with E-state index in [0.717, 1.165) is 8.45 Å². The van der Waals surface area contributed by atoms with Crippen molar-refractivity contribution in [3.63, 3.8) is 0 Å². The third kappa shape index (κ3) is 2.10. The van der Waals surface area contributed by atoms with E-state index in [-0.39, 0.29) is 0 Å². The lowest BCUT2D eigenvalue weighted by Crippen LogP contribution is -2.00. The summed E-state index contributed by atoms with van der Waals surface area (Å²) in [6, 6.07) is 1.95. The number of rotatable bonds is 2. The SMILES string of the molecule is OC(c1csc(I)c1)c1cnccn1. The number of nitrogens with zero attached hydrogens (tertiary/aromatic N) is 2. The Balaban J connectivity index is 2.29. The van der Waals surface area contributed by atoms with Crippen molar-refractivity contribution in [1.82, 2.24) is 9.97 Å². The molecule has 2 aromatic heterocycles. The highest BCUT2D eigenvalue weighted by Gasteiger charge is 2.12. The minimum absolute atomic E-state index is 0.585. The third-order valence-corrected chi connectivity index (χ3v) is 3.57. The lowest BCUT2D eigenvalue weighted by molar-refractivity contribution is 0.215. The first kappa shape index (κ1) is 10.0. The zero-order valence-electron chi connectivity index (χ0n) is 7.09. The quantitative estimate of drug-likeness (QED) is 0.864. The first-order chi connectivity index (χ1) is 6.77. The summed E-state index contributed by atoms with van der Waals surface area (Å²) >= 11 is 3.83. The molecule has 0 amide bonds. The lowest BCUT2D eigenvalue weighted by Gasteiger charge is -2.06. The van der Waals surface area contributed by atoms with Gasteiger partial charge in [-0.2, -0.15) is 0 Å². The Bertz CT molecular complexity index is 418. The maximum absolute atomic E-state index is 9.91. The molecule has 3 nitrogen and oxygen atoms in total. The van der Waals surface area contributed by atoms with Crippen molar-refractivity contribution in [2.24, 2.45) is 0 Å². The smallest absolute Gasteiger partial charge is 0.123 e. The molecule has 1 atom stereocenters. The molecule has 1 N–H and O–H groups in total. The number of aromatic nitrogens is 2. The van der Waals surface area contributed by atoms with Crippen LogP contribution < -0.4 is 0 Å². The van der Waals surface area contributed by atoms with Crippen LogP contribution in [0.5, 0.6) is 0 Å². The van der Waals surface area contributed by atoms with Crippen LogP contribution in [0.4, 0.5) is 0 Å². The molecule has 5 heteroatoms. The van der Waals surface area contributed by atoms with Crippen LogP contribution >= 0.6 is 33.9 Å². The van der Waals surface area contributed by atoms with E-state index in [1.54, 1.807) is 29.9 Å². The van der Waals surface area contributed by atoms with Gasteiger partial charge in [-0.25, -0.2) is 0 Å². The monoisotopic (exact) mass is 318 g/mol. The highest BCUT2D eigenvalue weighted by molar-refractivity contribution is 14.1. The predicted octanol–water partition coefficient (Wildman–Crippen LogP) is 2.22. The third-order valence-electron chi connectivity index (χ3n) is 1.77. The van der Waals surface area contributed by atoms with Gasteiger partial charge in [0, 0.05) is 12.4 Å². The predicted molar refractivity (Wildman–Crippen MR) is 63.1 cm³/mol. The van der Waals surface area contributed by atoms with E-state index in [9.17, 15) is 5.11 Å². The molecule has 0 fully saturated rings. The van der Waals surface area contributed by atoms with Crippen molar-refractivity contribution < 1.29 is 5.11 Å². The Kier molecular flexibility index (Phi) is 3.09. The first-order valence-electron chi connectivity index (χ1n) is 3.95. The van der Waals surface area contributed by atoms with Crippen molar-refractivity contribution >= 4 is 33.9 Å². The lowest BCUT2D eigenvalue weighted by atomic mass is 10.1. The summed E-state index contributed by atoms with van der Waals surface area (Å²) in [5.74, 6) is 0. The maximum Gasteiger partial charge on any atom is 0.123 e. The van der Waals surface area contributed by atoms with Gasteiger partial charge in [0.25, 0.3) is 0 Å². The fraction of sp³-hybridized carbons (Fsp3) is 0.111. The molecule has 1 unspecified atom stereocenters. The molecule has 0 aromatic carbocycles. The molecular formula is C9H7IN2OS. The highest BCUT2D eigenvalue weighted by atomic mass is 127. The van der Waals surface area contributed by atoms with Crippen molar-refractivity contribution in [1.29, 1.82) is 0 Å². The Morgan fingerprint density at radius 3 is 2.86 bits per heavy atom. The van der Waals surface area contributed by atoms with Gasteiger partial charge in [-0.15, -0.1) is 11.3 Å². The second-order valence-electron chi connectivity index (χ2n) is 2.72. The molecular weight excluding hydrogens is 311 g/mol. The van der Waals surface area contributed by atoms with E-state index in [0.29, 0.717) is 5.69 Å². The molecule has 2 aromatic rings. The molecule has 0 aliphatic rings. The van der Waals surface area contributed by atoms with Crippen molar-refractivity contribution in [2.75, 3.05) is 0 Å². The zero-order valence-corrected chi connectivity index (χ0v) is 10.1. The van der Waals surface area contributed by atoms with Crippen LogP contribution in [0.2, 0.25) is 0 Å². The fourth-order valence-electron chi connectivity index (χ4n) is 1.09. The normalized spacial score (nSPS) is 12.7. The van der Waals surface area contributed by atoms with Gasteiger partial charge in [0.05, 0.1) is 14.8 Å². The van der Waals surface area contributed by atoms with Gasteiger partial charge in [0.2, 0.25) is 0 Å². The van der Waals surface area contributed by atoms with Crippen LogP contribution in [-0.2, 0) is 0 Å². The number of thiophene rings is 1. The molecule has 2 heterocycles. The van der Waals surface area contributed by atoms with E-state index in [4.69, 9.17) is 0 Å². The first-order valence-corrected chi connectivity index (χ1v) is 5.91. The fourth-order valence-corrected chi connectivity index (χ4v) is 2.48. The average molecular weight is 318 g/mol. The molecule has 0 radical (unpaired) electrons. The molecule has 0 aliphatic heterocycles. The van der Waals surface area contributed by atoms with Crippen LogP contribution in [-0.4, -0.2) is 15.1 Å². The Morgan fingerprint density at radius 2 is 2.29 bits per heavy atom. The molecule has 14 heavy (non-hydrogen) atoms. The van der Waals surface area contributed by atoms with Crippen molar-refractivity contribution in [3.8, 4) is 0 Å². The van der Waals surface area contributed by atoms with Crippen LogP contribution in [0.3, 0.4) is 0 Å². The number of halogens is 1. The Hall–Kier alpha value is -0.530. The molecule has 0 spiro atoms. The summed E-state index contributed by atoms with van der Waals surface area (Å²) in [6.07, 6.45) is 4.09. The summed E-state index contributed by atoms with van der Waals surface area (Å²) in [4.78, 5) is 7.97. The second-order valence-corrected chi connectivity index (χ2v) is 5.52. The highest BCUT2D eigenvalue weighted by Crippen LogP contribution is 2.25. The van der Waals surface area contributed by atoms with E-state index in [2.05, 4.69) is 32.6 Å². The topological polar surface area (TPSA) is 46.0 Å². The van der Waals surface area contributed by atoms with Crippen molar-refractivity contribution in [2.45, 2.75) is 6.10 Å². The molecule has 0 aliphatic carbocycles.